The van der Waals surface area contributed by atoms with Gasteiger partial charge in [-0.25, -0.2) is 0 Å². The van der Waals surface area contributed by atoms with Crippen LogP contribution < -0.4 is 9.47 Å². The molecule has 2 rings (SSSR count). The van der Waals surface area contributed by atoms with Gasteiger partial charge in [-0.2, -0.15) is 0 Å². The smallest absolute Gasteiger partial charge is 0.160 e. The van der Waals surface area contributed by atoms with Crippen molar-refractivity contribution in [3.63, 3.8) is 0 Å². The third-order valence-electron chi connectivity index (χ3n) is 2.46. The van der Waals surface area contributed by atoms with Gasteiger partial charge in [0.25, 0.3) is 0 Å². The molecule has 17 heavy (non-hydrogen) atoms. The number of methoxy groups -OCH3 is 2. The molecule has 0 aliphatic carbocycles. The van der Waals surface area contributed by atoms with Crippen LogP contribution in [0.1, 0.15) is 9.67 Å². The van der Waals surface area contributed by atoms with Crippen LogP contribution in [0.25, 0.3) is 11.1 Å². The molecule has 4 heteroatoms. The Morgan fingerprint density at radius 3 is 2.59 bits per heavy atom. The van der Waals surface area contributed by atoms with E-state index in [2.05, 4.69) is 0 Å². The van der Waals surface area contributed by atoms with Crippen molar-refractivity contribution in [3.8, 4) is 22.6 Å². The average Bonchev–Trinajstić information content (AvgIpc) is 2.86. The fraction of sp³-hybridized carbons (Fsp3) is 0.154. The number of benzene rings is 1. The van der Waals surface area contributed by atoms with Gasteiger partial charge < -0.3 is 9.47 Å². The number of carbonyl (C=O) groups excluding carboxylic acids is 1. The topological polar surface area (TPSA) is 35.5 Å². The van der Waals surface area contributed by atoms with E-state index >= 15 is 0 Å². The van der Waals surface area contributed by atoms with Crippen LogP contribution in [-0.4, -0.2) is 20.5 Å². The Hall–Kier alpha value is -1.81. The van der Waals surface area contributed by atoms with Crippen molar-refractivity contribution in [2.24, 2.45) is 0 Å². The molecule has 1 heterocycles. The van der Waals surface area contributed by atoms with Crippen LogP contribution in [0.2, 0.25) is 0 Å². The van der Waals surface area contributed by atoms with E-state index in [4.69, 9.17) is 9.47 Å². The van der Waals surface area contributed by atoms with E-state index in [0.29, 0.717) is 4.88 Å². The zero-order chi connectivity index (χ0) is 12.3. The van der Waals surface area contributed by atoms with E-state index in [1.54, 1.807) is 14.2 Å². The van der Waals surface area contributed by atoms with Gasteiger partial charge in [0.1, 0.15) is 11.5 Å². The van der Waals surface area contributed by atoms with Gasteiger partial charge in [-0.05, 0) is 29.1 Å². The average molecular weight is 248 g/mol. The summed E-state index contributed by atoms with van der Waals surface area (Å²) in [7, 11) is 3.23. The number of carbonyl (C=O) groups is 1. The molecular formula is C13H12O3S. The standard InChI is InChI=1S/C13H12O3S/c1-15-10-3-4-12(13(6-10)16-2)9-5-11(7-14)17-8-9/h3-8H,1-2H3. The largest absolute Gasteiger partial charge is 0.497 e. The van der Waals surface area contributed by atoms with Crippen molar-refractivity contribution in [3.05, 3.63) is 34.5 Å². The maximum Gasteiger partial charge on any atom is 0.160 e. The second kappa shape index (κ2) is 5.01. The molecule has 0 saturated carbocycles. The Bertz CT molecular complexity index is 531. The van der Waals surface area contributed by atoms with Gasteiger partial charge in [-0.3, -0.25) is 4.79 Å². The number of hydrogen-bond acceptors (Lipinski definition) is 4. The van der Waals surface area contributed by atoms with Crippen molar-refractivity contribution in [1.82, 2.24) is 0 Å². The molecule has 0 N–H and O–H groups in total. The Labute approximate surface area is 104 Å². The van der Waals surface area contributed by atoms with Crippen LogP contribution in [0, 0.1) is 0 Å². The predicted molar refractivity (Wildman–Crippen MR) is 68.2 cm³/mol. The SMILES string of the molecule is COc1ccc(-c2csc(C=O)c2)c(OC)c1. The summed E-state index contributed by atoms with van der Waals surface area (Å²) in [6, 6.07) is 7.47. The number of aldehydes is 1. The lowest BCUT2D eigenvalue weighted by Crippen LogP contribution is -1.89. The van der Waals surface area contributed by atoms with Crippen molar-refractivity contribution in [2.45, 2.75) is 0 Å². The molecule has 0 aliphatic heterocycles. The number of thiophene rings is 1. The first-order valence-electron chi connectivity index (χ1n) is 5.04. The quantitative estimate of drug-likeness (QED) is 0.779. The molecule has 0 fully saturated rings. The summed E-state index contributed by atoms with van der Waals surface area (Å²) in [4.78, 5) is 11.4. The molecule has 0 radical (unpaired) electrons. The Balaban J connectivity index is 2.46. The van der Waals surface area contributed by atoms with E-state index in [1.165, 1.54) is 11.3 Å². The summed E-state index contributed by atoms with van der Waals surface area (Å²) in [5, 5.41) is 1.94. The highest BCUT2D eigenvalue weighted by Gasteiger charge is 2.09. The third kappa shape index (κ3) is 2.31. The molecule has 0 bridgehead atoms. The number of ether oxygens (including phenoxy) is 2. The van der Waals surface area contributed by atoms with Crippen LogP contribution in [0.3, 0.4) is 0 Å². The molecule has 0 saturated heterocycles. The summed E-state index contributed by atoms with van der Waals surface area (Å²) in [5.41, 5.74) is 1.94. The van der Waals surface area contributed by atoms with Gasteiger partial charge >= 0.3 is 0 Å². The summed E-state index contributed by atoms with van der Waals surface area (Å²) >= 11 is 1.42. The van der Waals surface area contributed by atoms with Gasteiger partial charge in [-0.1, -0.05) is 0 Å². The molecule has 0 atom stereocenters. The van der Waals surface area contributed by atoms with Crippen LogP contribution >= 0.6 is 11.3 Å². The first-order chi connectivity index (χ1) is 8.28. The molecule has 1 aromatic carbocycles. The molecule has 2 aromatic rings. The molecule has 3 nitrogen and oxygen atoms in total. The fourth-order valence-electron chi connectivity index (χ4n) is 1.59. The van der Waals surface area contributed by atoms with Gasteiger partial charge in [0.05, 0.1) is 19.1 Å². The third-order valence-corrected chi connectivity index (χ3v) is 3.31. The van der Waals surface area contributed by atoms with Crippen molar-refractivity contribution < 1.29 is 14.3 Å². The van der Waals surface area contributed by atoms with Gasteiger partial charge in [0.2, 0.25) is 0 Å². The molecule has 0 amide bonds. The summed E-state index contributed by atoms with van der Waals surface area (Å²) < 4.78 is 10.5. The van der Waals surface area contributed by atoms with Crippen LogP contribution in [0.5, 0.6) is 11.5 Å². The predicted octanol–water partition coefficient (Wildman–Crippen LogP) is 3.24. The summed E-state index contributed by atoms with van der Waals surface area (Å²) in [6.07, 6.45) is 0.851. The molecule has 1 aromatic heterocycles. The van der Waals surface area contributed by atoms with Gasteiger partial charge in [0.15, 0.2) is 6.29 Å². The van der Waals surface area contributed by atoms with E-state index < -0.39 is 0 Å². The van der Waals surface area contributed by atoms with Crippen molar-refractivity contribution >= 4 is 17.6 Å². The minimum atomic E-state index is 0.706. The maximum atomic E-state index is 10.7. The summed E-state index contributed by atoms with van der Waals surface area (Å²) in [5.74, 6) is 1.48. The number of rotatable bonds is 4. The second-order valence-corrected chi connectivity index (χ2v) is 4.36. The lowest BCUT2D eigenvalue weighted by Gasteiger charge is -2.08. The first kappa shape index (κ1) is 11.7. The van der Waals surface area contributed by atoms with Crippen LogP contribution in [-0.2, 0) is 0 Å². The van der Waals surface area contributed by atoms with E-state index in [-0.39, 0.29) is 0 Å². The molecule has 0 unspecified atom stereocenters. The second-order valence-electron chi connectivity index (χ2n) is 3.42. The van der Waals surface area contributed by atoms with Crippen LogP contribution in [0.4, 0.5) is 0 Å². The lowest BCUT2D eigenvalue weighted by molar-refractivity contribution is 0.112. The van der Waals surface area contributed by atoms with Crippen molar-refractivity contribution in [2.75, 3.05) is 14.2 Å². The zero-order valence-corrected chi connectivity index (χ0v) is 10.4. The van der Waals surface area contributed by atoms with Crippen LogP contribution in [0.15, 0.2) is 29.6 Å². The minimum absolute atomic E-state index is 0.706. The monoisotopic (exact) mass is 248 g/mol. The highest BCUT2D eigenvalue weighted by atomic mass is 32.1. The molecule has 0 spiro atoms. The normalized spacial score (nSPS) is 10.0. The lowest BCUT2D eigenvalue weighted by atomic mass is 10.1. The Morgan fingerprint density at radius 1 is 1.18 bits per heavy atom. The zero-order valence-electron chi connectivity index (χ0n) is 9.60. The summed E-state index contributed by atoms with van der Waals surface area (Å²) in [6.45, 7) is 0. The van der Waals surface area contributed by atoms with E-state index in [9.17, 15) is 4.79 Å². The molecule has 0 aliphatic rings. The van der Waals surface area contributed by atoms with Gasteiger partial charge in [0, 0.05) is 11.6 Å². The molecular weight excluding hydrogens is 236 g/mol. The minimum Gasteiger partial charge on any atom is -0.497 e. The highest BCUT2D eigenvalue weighted by molar-refractivity contribution is 7.12. The fourth-order valence-corrected chi connectivity index (χ4v) is 2.30. The Kier molecular flexibility index (Phi) is 3.44. The maximum absolute atomic E-state index is 10.7. The van der Waals surface area contributed by atoms with E-state index in [0.717, 1.165) is 28.9 Å². The van der Waals surface area contributed by atoms with E-state index in [1.807, 2.05) is 29.6 Å². The highest BCUT2D eigenvalue weighted by Crippen LogP contribution is 2.35. The number of hydrogen-bond donors (Lipinski definition) is 0. The Morgan fingerprint density at radius 2 is 2.00 bits per heavy atom. The molecule has 88 valence electrons. The van der Waals surface area contributed by atoms with Crippen molar-refractivity contribution in [1.29, 1.82) is 0 Å². The van der Waals surface area contributed by atoms with Gasteiger partial charge in [-0.15, -0.1) is 11.3 Å². The first-order valence-corrected chi connectivity index (χ1v) is 5.92.